The van der Waals surface area contributed by atoms with Crippen molar-refractivity contribution in [1.82, 2.24) is 10.2 Å². The van der Waals surface area contributed by atoms with Crippen molar-refractivity contribution in [2.75, 3.05) is 11.5 Å². The van der Waals surface area contributed by atoms with Gasteiger partial charge in [0.2, 0.25) is 0 Å². The van der Waals surface area contributed by atoms with Crippen molar-refractivity contribution in [2.45, 2.75) is 0 Å². The standard InChI is InChI=1S/C8H7ClN4/c9-5-1-4-2-7(11)12-13-8(4)6(10)3-5/h1-3H,10H2,(H2,11,12). The summed E-state index contributed by atoms with van der Waals surface area (Å²) in [5.41, 5.74) is 12.3. The molecule has 0 bridgehead atoms. The maximum absolute atomic E-state index is 5.81. The molecule has 13 heavy (non-hydrogen) atoms. The first-order valence-corrected chi connectivity index (χ1v) is 4.02. The fourth-order valence-electron chi connectivity index (χ4n) is 1.16. The quantitative estimate of drug-likeness (QED) is 0.623. The van der Waals surface area contributed by atoms with E-state index in [1.807, 2.05) is 0 Å². The van der Waals surface area contributed by atoms with Gasteiger partial charge < -0.3 is 11.5 Å². The van der Waals surface area contributed by atoms with E-state index in [2.05, 4.69) is 10.2 Å². The molecule has 4 N–H and O–H groups in total. The van der Waals surface area contributed by atoms with Gasteiger partial charge in [-0.05, 0) is 18.2 Å². The van der Waals surface area contributed by atoms with E-state index in [1.54, 1.807) is 18.2 Å². The minimum atomic E-state index is 0.356. The monoisotopic (exact) mass is 194 g/mol. The van der Waals surface area contributed by atoms with Crippen molar-refractivity contribution < 1.29 is 0 Å². The summed E-state index contributed by atoms with van der Waals surface area (Å²) in [6, 6.07) is 5.07. The number of rotatable bonds is 0. The summed E-state index contributed by atoms with van der Waals surface area (Å²) in [6.45, 7) is 0. The molecule has 0 spiro atoms. The van der Waals surface area contributed by atoms with Crippen molar-refractivity contribution in [3.05, 3.63) is 23.2 Å². The highest BCUT2D eigenvalue weighted by Crippen LogP contribution is 2.24. The Morgan fingerprint density at radius 3 is 2.62 bits per heavy atom. The predicted octanol–water partition coefficient (Wildman–Crippen LogP) is 1.45. The molecule has 2 aromatic rings. The smallest absolute Gasteiger partial charge is 0.146 e. The summed E-state index contributed by atoms with van der Waals surface area (Å²) in [5, 5.41) is 8.94. The molecule has 1 aromatic heterocycles. The predicted molar refractivity (Wildman–Crippen MR) is 53.4 cm³/mol. The number of halogens is 1. The molecule has 0 saturated carbocycles. The zero-order chi connectivity index (χ0) is 9.42. The van der Waals surface area contributed by atoms with Crippen molar-refractivity contribution in [3.8, 4) is 0 Å². The van der Waals surface area contributed by atoms with Crippen molar-refractivity contribution in [2.24, 2.45) is 0 Å². The fraction of sp³-hybridized carbons (Fsp3) is 0. The minimum Gasteiger partial charge on any atom is -0.397 e. The third-order valence-corrected chi connectivity index (χ3v) is 1.92. The number of hydrogen-bond acceptors (Lipinski definition) is 4. The van der Waals surface area contributed by atoms with E-state index >= 15 is 0 Å². The molecule has 4 nitrogen and oxygen atoms in total. The zero-order valence-electron chi connectivity index (χ0n) is 6.66. The molecule has 5 heteroatoms. The summed E-state index contributed by atoms with van der Waals surface area (Å²) in [7, 11) is 0. The molecule has 0 aliphatic heterocycles. The van der Waals surface area contributed by atoms with Gasteiger partial charge in [0.1, 0.15) is 11.3 Å². The van der Waals surface area contributed by atoms with Gasteiger partial charge in [-0.25, -0.2) is 0 Å². The Bertz CT molecular complexity index is 464. The number of anilines is 2. The molecular formula is C8H7ClN4. The van der Waals surface area contributed by atoms with Gasteiger partial charge in [-0.1, -0.05) is 11.6 Å². The lowest BCUT2D eigenvalue weighted by Crippen LogP contribution is -1.96. The third kappa shape index (κ3) is 1.36. The number of benzene rings is 1. The Morgan fingerprint density at radius 1 is 1.08 bits per heavy atom. The van der Waals surface area contributed by atoms with Crippen LogP contribution in [0.5, 0.6) is 0 Å². The molecule has 0 aliphatic carbocycles. The van der Waals surface area contributed by atoms with Crippen LogP contribution in [0.3, 0.4) is 0 Å². The molecule has 0 atom stereocenters. The molecule has 0 fully saturated rings. The number of nitrogens with two attached hydrogens (primary N) is 2. The summed E-state index contributed by atoms with van der Waals surface area (Å²) in [4.78, 5) is 0. The van der Waals surface area contributed by atoms with Gasteiger partial charge in [-0.2, -0.15) is 0 Å². The number of hydrogen-bond donors (Lipinski definition) is 2. The third-order valence-electron chi connectivity index (χ3n) is 1.70. The van der Waals surface area contributed by atoms with Gasteiger partial charge in [0.25, 0.3) is 0 Å². The summed E-state index contributed by atoms with van der Waals surface area (Å²) < 4.78 is 0. The molecule has 2 rings (SSSR count). The van der Waals surface area contributed by atoms with Gasteiger partial charge >= 0.3 is 0 Å². The molecule has 0 amide bonds. The van der Waals surface area contributed by atoms with Crippen LogP contribution in [-0.2, 0) is 0 Å². The van der Waals surface area contributed by atoms with Crippen LogP contribution < -0.4 is 11.5 Å². The van der Waals surface area contributed by atoms with Crippen LogP contribution in [0.25, 0.3) is 10.9 Å². The number of aromatic nitrogens is 2. The van der Waals surface area contributed by atoms with Gasteiger partial charge in [0, 0.05) is 10.4 Å². The molecule has 1 heterocycles. The molecule has 0 radical (unpaired) electrons. The van der Waals surface area contributed by atoms with Crippen LogP contribution in [0.4, 0.5) is 11.5 Å². The molecule has 66 valence electrons. The molecule has 1 aromatic carbocycles. The lowest BCUT2D eigenvalue weighted by atomic mass is 10.2. The van der Waals surface area contributed by atoms with Crippen molar-refractivity contribution in [1.29, 1.82) is 0 Å². The Balaban J connectivity index is 2.86. The van der Waals surface area contributed by atoms with Crippen molar-refractivity contribution >= 4 is 34.0 Å². The fourth-order valence-corrected chi connectivity index (χ4v) is 1.40. The normalized spacial score (nSPS) is 10.5. The minimum absolute atomic E-state index is 0.356. The Labute approximate surface area is 79.5 Å². The zero-order valence-corrected chi connectivity index (χ0v) is 7.42. The van der Waals surface area contributed by atoms with E-state index in [4.69, 9.17) is 23.1 Å². The van der Waals surface area contributed by atoms with E-state index in [0.29, 0.717) is 22.0 Å². The summed E-state index contributed by atoms with van der Waals surface area (Å²) in [5.74, 6) is 0.356. The van der Waals surface area contributed by atoms with Gasteiger partial charge in [0.15, 0.2) is 0 Å². The van der Waals surface area contributed by atoms with Crippen molar-refractivity contribution in [3.63, 3.8) is 0 Å². The van der Waals surface area contributed by atoms with Crippen LogP contribution in [0.1, 0.15) is 0 Å². The lowest BCUT2D eigenvalue weighted by molar-refractivity contribution is 1.09. The second-order valence-electron chi connectivity index (χ2n) is 2.70. The van der Waals surface area contributed by atoms with Crippen LogP contribution in [0.2, 0.25) is 5.02 Å². The average molecular weight is 195 g/mol. The SMILES string of the molecule is Nc1cc2cc(Cl)cc(N)c2nn1. The van der Waals surface area contributed by atoms with E-state index in [-0.39, 0.29) is 0 Å². The summed E-state index contributed by atoms with van der Waals surface area (Å²) in [6.07, 6.45) is 0. The lowest BCUT2D eigenvalue weighted by Gasteiger charge is -2.01. The van der Waals surface area contributed by atoms with E-state index in [1.165, 1.54) is 0 Å². The van der Waals surface area contributed by atoms with Crippen LogP contribution in [-0.4, -0.2) is 10.2 Å². The first-order chi connectivity index (χ1) is 6.16. The Hall–Kier alpha value is -1.55. The van der Waals surface area contributed by atoms with Gasteiger partial charge in [-0.3, -0.25) is 0 Å². The highest BCUT2D eigenvalue weighted by atomic mass is 35.5. The molecular weight excluding hydrogens is 188 g/mol. The number of fused-ring (bicyclic) bond motifs is 1. The topological polar surface area (TPSA) is 77.8 Å². The Kier molecular flexibility index (Phi) is 1.70. The molecule has 0 aliphatic rings. The van der Waals surface area contributed by atoms with Gasteiger partial charge in [0.05, 0.1) is 5.69 Å². The first-order valence-electron chi connectivity index (χ1n) is 3.65. The second-order valence-corrected chi connectivity index (χ2v) is 3.14. The second kappa shape index (κ2) is 2.74. The molecule has 0 saturated heterocycles. The molecule has 0 unspecified atom stereocenters. The van der Waals surface area contributed by atoms with Crippen LogP contribution >= 0.6 is 11.6 Å². The number of nitrogen functional groups attached to an aromatic ring is 2. The van der Waals surface area contributed by atoms with E-state index in [9.17, 15) is 0 Å². The van der Waals surface area contributed by atoms with Gasteiger partial charge in [-0.15, -0.1) is 10.2 Å². The largest absolute Gasteiger partial charge is 0.397 e. The highest BCUT2D eigenvalue weighted by molar-refractivity contribution is 6.31. The number of nitrogens with zero attached hydrogens (tertiary/aromatic N) is 2. The van der Waals surface area contributed by atoms with Crippen LogP contribution in [0, 0.1) is 0 Å². The maximum atomic E-state index is 5.81. The Morgan fingerprint density at radius 2 is 1.85 bits per heavy atom. The maximum Gasteiger partial charge on any atom is 0.146 e. The van der Waals surface area contributed by atoms with E-state index < -0.39 is 0 Å². The van der Waals surface area contributed by atoms with Crippen LogP contribution in [0.15, 0.2) is 18.2 Å². The first kappa shape index (κ1) is 8.07. The highest BCUT2D eigenvalue weighted by Gasteiger charge is 2.02. The average Bonchev–Trinajstić information content (AvgIpc) is 2.02. The van der Waals surface area contributed by atoms with E-state index in [0.717, 1.165) is 5.39 Å². The summed E-state index contributed by atoms with van der Waals surface area (Å²) >= 11 is 5.81.